The van der Waals surface area contributed by atoms with Gasteiger partial charge < -0.3 is 10.2 Å². The lowest BCUT2D eigenvalue weighted by Crippen LogP contribution is -2.31. The molecular formula is C29H34N4O2S. The molecule has 0 unspecified atom stereocenters. The van der Waals surface area contributed by atoms with Crippen LogP contribution in [0.5, 0.6) is 0 Å². The quantitative estimate of drug-likeness (QED) is 0.430. The van der Waals surface area contributed by atoms with E-state index in [0.29, 0.717) is 18.7 Å². The molecule has 6 nitrogen and oxygen atoms in total. The van der Waals surface area contributed by atoms with Gasteiger partial charge in [-0.2, -0.15) is 0 Å². The molecule has 2 heterocycles. The fourth-order valence-corrected chi connectivity index (χ4v) is 5.35. The monoisotopic (exact) mass is 502 g/mol. The van der Waals surface area contributed by atoms with Crippen molar-refractivity contribution in [2.45, 2.75) is 40.2 Å². The van der Waals surface area contributed by atoms with Crippen molar-refractivity contribution in [3.05, 3.63) is 87.4 Å². The third kappa shape index (κ3) is 6.09. The summed E-state index contributed by atoms with van der Waals surface area (Å²) in [5.41, 5.74) is 9.10. The van der Waals surface area contributed by atoms with Crippen molar-refractivity contribution in [2.75, 3.05) is 31.5 Å². The number of anilines is 1. The van der Waals surface area contributed by atoms with Crippen molar-refractivity contribution in [3.63, 3.8) is 0 Å². The molecule has 1 saturated heterocycles. The minimum Gasteiger partial charge on any atom is -0.339 e. The van der Waals surface area contributed by atoms with E-state index in [4.69, 9.17) is 0 Å². The number of hydrogen-bond acceptors (Lipinski definition) is 5. The molecule has 188 valence electrons. The van der Waals surface area contributed by atoms with E-state index in [2.05, 4.69) is 26.6 Å². The Bertz CT molecular complexity index is 1200. The van der Waals surface area contributed by atoms with E-state index in [0.717, 1.165) is 60.6 Å². The summed E-state index contributed by atoms with van der Waals surface area (Å²) in [6.45, 7) is 9.69. The van der Waals surface area contributed by atoms with Gasteiger partial charge in [-0.25, -0.2) is 4.98 Å². The van der Waals surface area contributed by atoms with Crippen molar-refractivity contribution >= 4 is 34.4 Å². The predicted molar refractivity (Wildman–Crippen MR) is 147 cm³/mol. The van der Waals surface area contributed by atoms with Crippen molar-refractivity contribution in [1.82, 2.24) is 14.8 Å². The van der Waals surface area contributed by atoms with Crippen molar-refractivity contribution in [1.29, 1.82) is 0 Å². The topological polar surface area (TPSA) is 65.5 Å². The number of carbonyl (C=O) groups excluding carboxylic acids is 2. The molecule has 1 aliphatic rings. The molecule has 0 spiro atoms. The van der Waals surface area contributed by atoms with Gasteiger partial charge in [0, 0.05) is 61.8 Å². The maximum atomic E-state index is 12.9. The third-order valence-corrected chi connectivity index (χ3v) is 7.30. The first-order valence-corrected chi connectivity index (χ1v) is 13.5. The number of rotatable bonds is 8. The first-order valence-electron chi connectivity index (χ1n) is 12.6. The fourth-order valence-electron chi connectivity index (χ4n) is 4.80. The molecule has 0 saturated carbocycles. The zero-order valence-electron chi connectivity index (χ0n) is 21.3. The lowest BCUT2D eigenvalue weighted by atomic mass is 9.87. The Morgan fingerprint density at radius 2 is 1.67 bits per heavy atom. The molecule has 0 bridgehead atoms. The fraction of sp³-hybridized carbons (Fsp3) is 0.345. The normalized spacial score (nSPS) is 13.9. The Morgan fingerprint density at radius 3 is 2.28 bits per heavy atom. The van der Waals surface area contributed by atoms with Gasteiger partial charge in [0.25, 0.3) is 5.91 Å². The minimum atomic E-state index is -0.0925. The average Bonchev–Trinajstić information content (AvgIpc) is 3.40. The van der Waals surface area contributed by atoms with Gasteiger partial charge in [-0.1, -0.05) is 35.9 Å². The number of thiazole rings is 1. The van der Waals surface area contributed by atoms with Crippen molar-refractivity contribution < 1.29 is 9.59 Å². The van der Waals surface area contributed by atoms with Crippen LogP contribution in [0, 0.1) is 0 Å². The summed E-state index contributed by atoms with van der Waals surface area (Å²) in [6, 6.07) is 15.9. The molecule has 0 aliphatic carbocycles. The number of nitrogens with one attached hydrogen (secondary N) is 1. The summed E-state index contributed by atoms with van der Waals surface area (Å²) in [4.78, 5) is 33.5. The number of nitrogens with zero attached hydrogens (tertiary/aromatic N) is 3. The molecule has 1 N–H and O–H groups in total. The Balaban J connectivity index is 1.68. The Morgan fingerprint density at radius 1 is 1.00 bits per heavy atom. The van der Waals surface area contributed by atoms with Crippen molar-refractivity contribution in [2.24, 2.45) is 0 Å². The number of aromatic nitrogens is 1. The minimum absolute atomic E-state index is 0.0507. The summed E-state index contributed by atoms with van der Waals surface area (Å²) in [7, 11) is 0. The summed E-state index contributed by atoms with van der Waals surface area (Å²) in [5, 5.41) is 5.12. The zero-order valence-corrected chi connectivity index (χ0v) is 22.1. The Hall–Kier alpha value is -3.29. The average molecular weight is 503 g/mol. The van der Waals surface area contributed by atoms with Gasteiger partial charge in [-0.3, -0.25) is 14.5 Å². The second-order valence-corrected chi connectivity index (χ2v) is 9.73. The molecule has 1 fully saturated rings. The number of benzene rings is 2. The van der Waals surface area contributed by atoms with Gasteiger partial charge in [0.2, 0.25) is 5.91 Å². The molecule has 1 aliphatic heterocycles. The molecule has 0 atom stereocenters. The number of amides is 2. The van der Waals surface area contributed by atoms with E-state index in [9.17, 15) is 9.59 Å². The number of likely N-dealkylation sites (tertiary alicyclic amines) is 1. The van der Waals surface area contributed by atoms with E-state index in [-0.39, 0.29) is 11.8 Å². The first kappa shape index (κ1) is 25.8. The molecule has 0 radical (unpaired) electrons. The van der Waals surface area contributed by atoms with Gasteiger partial charge in [0.1, 0.15) is 0 Å². The van der Waals surface area contributed by atoms with Crippen LogP contribution in [0.3, 0.4) is 0 Å². The molecule has 3 aromatic rings. The molecule has 4 rings (SSSR count). The van der Waals surface area contributed by atoms with Gasteiger partial charge in [0.15, 0.2) is 0 Å². The molecule has 2 amide bonds. The molecule has 7 heteroatoms. The number of carbonyl (C=O) groups is 2. The highest BCUT2D eigenvalue weighted by atomic mass is 32.1. The van der Waals surface area contributed by atoms with Gasteiger partial charge >= 0.3 is 0 Å². The Labute approximate surface area is 217 Å². The molecule has 36 heavy (non-hydrogen) atoms. The summed E-state index contributed by atoms with van der Waals surface area (Å²) >= 11 is 1.63. The first-order chi connectivity index (χ1) is 17.5. The highest BCUT2D eigenvalue weighted by Gasteiger charge is 2.22. The standard InChI is InChI=1S/C29H34N4O2S/c1-4-33(5-2)29(35)24-12-10-22(11-13-24)28(26-8-6-7-9-27(26)31-21(3)34)23-14-16-32(17-15-23)18-25-19-36-20-30-25/h6-13,19-20H,4-5,14-18H2,1-3H3,(H,31,34). The van der Waals surface area contributed by atoms with Crippen LogP contribution in [0.2, 0.25) is 0 Å². The second kappa shape index (κ2) is 12.1. The highest BCUT2D eigenvalue weighted by molar-refractivity contribution is 7.07. The highest BCUT2D eigenvalue weighted by Crippen LogP contribution is 2.36. The zero-order chi connectivity index (χ0) is 25.5. The largest absolute Gasteiger partial charge is 0.339 e. The molecular weight excluding hydrogens is 468 g/mol. The van der Waals surface area contributed by atoms with Crippen LogP contribution < -0.4 is 5.32 Å². The van der Waals surface area contributed by atoms with Crippen molar-refractivity contribution in [3.8, 4) is 0 Å². The molecule has 2 aromatic carbocycles. The van der Waals surface area contributed by atoms with E-state index < -0.39 is 0 Å². The van der Waals surface area contributed by atoms with Gasteiger partial charge in [0.05, 0.1) is 11.2 Å². The molecule has 1 aromatic heterocycles. The third-order valence-electron chi connectivity index (χ3n) is 6.66. The van der Waals surface area contributed by atoms with Crippen LogP contribution in [-0.2, 0) is 11.3 Å². The van der Waals surface area contributed by atoms with Crippen LogP contribution in [0.1, 0.15) is 60.8 Å². The van der Waals surface area contributed by atoms with Crippen LogP contribution in [0.4, 0.5) is 5.69 Å². The number of piperidine rings is 1. The Kier molecular flexibility index (Phi) is 8.67. The SMILES string of the molecule is CCN(CC)C(=O)c1ccc(C(=C2CCN(Cc3cscn3)CC2)c2ccccc2NC(C)=O)cc1. The van der Waals surface area contributed by atoms with Crippen LogP contribution in [-0.4, -0.2) is 52.8 Å². The summed E-state index contributed by atoms with van der Waals surface area (Å²) in [5.74, 6) is -0.0419. The maximum Gasteiger partial charge on any atom is 0.253 e. The van der Waals surface area contributed by atoms with E-state index >= 15 is 0 Å². The smallest absolute Gasteiger partial charge is 0.253 e. The lowest BCUT2D eigenvalue weighted by Gasteiger charge is -2.30. The second-order valence-electron chi connectivity index (χ2n) is 9.02. The number of hydrogen-bond donors (Lipinski definition) is 1. The van der Waals surface area contributed by atoms with E-state index in [1.54, 1.807) is 11.3 Å². The maximum absolute atomic E-state index is 12.9. The van der Waals surface area contributed by atoms with Gasteiger partial charge in [-0.15, -0.1) is 11.3 Å². The lowest BCUT2D eigenvalue weighted by molar-refractivity contribution is -0.114. The summed E-state index contributed by atoms with van der Waals surface area (Å²) in [6.07, 6.45) is 1.88. The van der Waals surface area contributed by atoms with Crippen LogP contribution in [0.15, 0.2) is 65.0 Å². The van der Waals surface area contributed by atoms with E-state index in [1.807, 2.05) is 66.7 Å². The van der Waals surface area contributed by atoms with Gasteiger partial charge in [-0.05, 0) is 56.0 Å². The number of para-hydroxylation sites is 1. The van der Waals surface area contributed by atoms with E-state index in [1.165, 1.54) is 12.5 Å². The summed E-state index contributed by atoms with van der Waals surface area (Å²) < 4.78 is 0. The predicted octanol–water partition coefficient (Wildman–Crippen LogP) is 5.68. The van der Waals surface area contributed by atoms with Crippen LogP contribution >= 0.6 is 11.3 Å². The van der Waals surface area contributed by atoms with Crippen LogP contribution in [0.25, 0.3) is 5.57 Å².